The minimum absolute atomic E-state index is 0. The second-order valence-electron chi connectivity index (χ2n) is 0.600. The van der Waals surface area contributed by atoms with Gasteiger partial charge in [-0.1, -0.05) is 0 Å². The van der Waals surface area contributed by atoms with Gasteiger partial charge in [-0.25, -0.2) is 0 Å². The van der Waals surface area contributed by atoms with Crippen LogP contribution in [0.5, 0.6) is 0 Å². The quantitative estimate of drug-likeness (QED) is 0.314. The van der Waals surface area contributed by atoms with E-state index in [2.05, 4.69) is 0 Å². The van der Waals surface area contributed by atoms with E-state index in [9.17, 15) is 0 Å². The molecule has 0 fully saturated rings. The molecule has 13 nitrogen and oxygen atoms in total. The summed E-state index contributed by atoms with van der Waals surface area (Å²) in [6, 6.07) is 0. The molecule has 15 heavy (non-hydrogen) atoms. The molecular formula is H23NaO13Si. The van der Waals surface area contributed by atoms with Gasteiger partial charge in [0.15, 0.2) is 0 Å². The van der Waals surface area contributed by atoms with Gasteiger partial charge in [0, 0.05) is 0 Å². The Morgan fingerprint density at radius 1 is 0.400 bits per heavy atom. The summed E-state index contributed by atoms with van der Waals surface area (Å²) in [7, 11) is -4.61. The molecule has 0 aromatic heterocycles. The Hall–Kier alpha value is 0.697. The first kappa shape index (κ1) is 154. The Bertz CT molecular complexity index is 26.0. The normalized spacial score (nSPS) is 4.00. The summed E-state index contributed by atoms with van der Waals surface area (Å²) in [5.74, 6) is 0. The van der Waals surface area contributed by atoms with Crippen molar-refractivity contribution >= 4 is 38.6 Å². The minimum atomic E-state index is -4.61. The summed E-state index contributed by atoms with van der Waals surface area (Å²) >= 11 is 0. The molecule has 0 aromatic rings. The zero-order valence-electron chi connectivity index (χ0n) is 6.79. The molecule has 106 valence electrons. The molecule has 0 aliphatic rings. The Morgan fingerprint density at radius 2 is 0.400 bits per heavy atom. The molecule has 0 unspecified atom stereocenters. The first-order valence-electron chi connectivity index (χ1n) is 0.894. The van der Waals surface area contributed by atoms with Crippen LogP contribution in [0.4, 0.5) is 0 Å². The third-order valence-electron chi connectivity index (χ3n) is 0. The van der Waals surface area contributed by atoms with Gasteiger partial charge in [0.25, 0.3) is 0 Å². The maximum absolute atomic E-state index is 7.33. The van der Waals surface area contributed by atoms with Crippen LogP contribution in [0.1, 0.15) is 0 Å². The van der Waals surface area contributed by atoms with Crippen LogP contribution in [-0.4, -0.2) is 107 Å². The van der Waals surface area contributed by atoms with E-state index in [1.165, 1.54) is 0 Å². The summed E-state index contributed by atoms with van der Waals surface area (Å²) in [6.45, 7) is 0. The van der Waals surface area contributed by atoms with Crippen molar-refractivity contribution in [3.63, 3.8) is 0 Å². The number of hydrogen-bond donors (Lipinski definition) is 4. The molecule has 0 heterocycles. The van der Waals surface area contributed by atoms with Crippen molar-refractivity contribution in [3.05, 3.63) is 0 Å². The third kappa shape index (κ3) is 4880. The van der Waals surface area contributed by atoms with E-state index in [-0.39, 0.29) is 78.8 Å². The molecule has 0 aromatic carbocycles. The second-order valence-corrected chi connectivity index (χ2v) is 1.80. The van der Waals surface area contributed by atoms with Gasteiger partial charge in [0.2, 0.25) is 0 Å². The van der Waals surface area contributed by atoms with Crippen molar-refractivity contribution in [1.82, 2.24) is 0 Å². The van der Waals surface area contributed by atoms with Crippen molar-refractivity contribution in [2.75, 3.05) is 0 Å². The maximum atomic E-state index is 7.33. The van der Waals surface area contributed by atoms with Gasteiger partial charge in [-0.05, 0) is 0 Å². The number of hydrogen-bond acceptors (Lipinski definition) is 4. The van der Waals surface area contributed by atoms with Crippen LogP contribution < -0.4 is 0 Å². The molecule has 0 aliphatic carbocycles. The zero-order valence-corrected chi connectivity index (χ0v) is 7.79. The average Bonchev–Trinajstić information content (AvgIpc) is 0.722. The molecule has 0 bridgehead atoms. The fourth-order valence-electron chi connectivity index (χ4n) is 0. The first-order valence-corrected chi connectivity index (χ1v) is 2.68. The van der Waals surface area contributed by atoms with E-state index in [1.54, 1.807) is 0 Å². The summed E-state index contributed by atoms with van der Waals surface area (Å²) in [5.41, 5.74) is 0. The van der Waals surface area contributed by atoms with E-state index in [0.717, 1.165) is 0 Å². The van der Waals surface area contributed by atoms with E-state index in [1.807, 2.05) is 0 Å². The fraction of sp³-hybridized carbons (Fsp3) is 0. The molecule has 15 heteroatoms. The van der Waals surface area contributed by atoms with Crippen molar-refractivity contribution in [2.24, 2.45) is 0 Å². The Labute approximate surface area is 107 Å². The summed E-state index contributed by atoms with van der Waals surface area (Å²) in [5, 5.41) is 0. The van der Waals surface area contributed by atoms with E-state index >= 15 is 0 Å². The van der Waals surface area contributed by atoms with Crippen LogP contribution in [0.2, 0.25) is 0 Å². The predicted molar refractivity (Wildman–Crippen MR) is 54.3 cm³/mol. The van der Waals surface area contributed by atoms with E-state index < -0.39 is 9.05 Å². The van der Waals surface area contributed by atoms with Crippen molar-refractivity contribution in [3.8, 4) is 0 Å². The summed E-state index contributed by atoms with van der Waals surface area (Å²) in [4.78, 5) is 29.3. The van der Waals surface area contributed by atoms with Crippen LogP contribution >= 0.6 is 0 Å². The van der Waals surface area contributed by atoms with Crippen LogP contribution in [0.15, 0.2) is 0 Å². The van der Waals surface area contributed by atoms with Crippen molar-refractivity contribution < 1.29 is 68.5 Å². The van der Waals surface area contributed by atoms with Gasteiger partial charge in [0.05, 0.1) is 0 Å². The van der Waals surface area contributed by atoms with Crippen molar-refractivity contribution in [1.29, 1.82) is 0 Å². The van der Waals surface area contributed by atoms with E-state index in [4.69, 9.17) is 19.2 Å². The van der Waals surface area contributed by atoms with Gasteiger partial charge in [0.1, 0.15) is 0 Å². The van der Waals surface area contributed by atoms with Gasteiger partial charge >= 0.3 is 38.6 Å². The SMILES string of the molecule is O.O.O.O.O.O.O.O.O.O[Si](O)(O)O.[NaH]. The van der Waals surface area contributed by atoms with Crippen molar-refractivity contribution in [2.45, 2.75) is 0 Å². The van der Waals surface area contributed by atoms with E-state index in [0.29, 0.717) is 0 Å². The van der Waals surface area contributed by atoms with Gasteiger partial charge in [-0.2, -0.15) is 0 Å². The molecule has 0 rings (SSSR count). The van der Waals surface area contributed by atoms with Gasteiger partial charge in [-0.15, -0.1) is 0 Å². The molecular weight excluding hydrogens is 259 g/mol. The molecule has 0 saturated heterocycles. The zero-order chi connectivity index (χ0) is 4.50. The molecule has 0 aliphatic heterocycles. The molecule has 0 spiro atoms. The molecule has 0 amide bonds. The molecule has 0 saturated carbocycles. The summed E-state index contributed by atoms with van der Waals surface area (Å²) in [6.07, 6.45) is 0. The fourth-order valence-corrected chi connectivity index (χ4v) is 0. The Kier molecular flexibility index (Phi) is 630. The second kappa shape index (κ2) is 61.5. The summed E-state index contributed by atoms with van der Waals surface area (Å²) < 4.78 is 0. The van der Waals surface area contributed by atoms with Crippen LogP contribution in [-0.2, 0) is 0 Å². The van der Waals surface area contributed by atoms with Crippen LogP contribution in [0.25, 0.3) is 0 Å². The standard InChI is InChI=1S/Na.H4O4Si.9H2O.H/c;1-5(2,3)4;;;;;;;;;;/h;1-4H;9*1H2;. The van der Waals surface area contributed by atoms with Gasteiger partial charge < -0.3 is 68.5 Å². The van der Waals surface area contributed by atoms with Crippen LogP contribution in [0.3, 0.4) is 0 Å². The molecule has 0 atom stereocenters. The molecule has 22 N–H and O–H groups in total. The van der Waals surface area contributed by atoms with Gasteiger partial charge in [-0.3, -0.25) is 0 Å². The monoisotopic (exact) mass is 282 g/mol. The Morgan fingerprint density at radius 3 is 0.400 bits per heavy atom. The molecule has 0 radical (unpaired) electrons. The predicted octanol–water partition coefficient (Wildman–Crippen LogP) is -10.7. The topological polar surface area (TPSA) is 364 Å². The third-order valence-corrected chi connectivity index (χ3v) is 0. The van der Waals surface area contributed by atoms with Crippen LogP contribution in [0, 0.1) is 0 Å². The number of rotatable bonds is 0. The Balaban J connectivity index is -0.00000000178. The average molecular weight is 282 g/mol. The first-order chi connectivity index (χ1) is 2.00.